The number of nitrogens with zero attached hydrogens (tertiary/aromatic N) is 1. The van der Waals surface area contributed by atoms with Crippen LogP contribution in [-0.2, 0) is 6.42 Å². The standard InChI is InChI=1S/C13H20BrNS/c1-11(8-12-4-3-7-16-12)15(2)10-13(9-14)5-6-13/h3-4,7,11H,5-6,8-10H2,1-2H3. The Balaban J connectivity index is 1.82. The maximum absolute atomic E-state index is 3.65. The van der Waals surface area contributed by atoms with E-state index in [0.717, 1.165) is 5.33 Å². The summed E-state index contributed by atoms with van der Waals surface area (Å²) in [5.74, 6) is 0. The third kappa shape index (κ3) is 3.08. The molecule has 1 saturated carbocycles. The minimum absolute atomic E-state index is 0.596. The predicted octanol–water partition coefficient (Wildman–Crippen LogP) is 3.79. The van der Waals surface area contributed by atoms with Crippen LogP contribution < -0.4 is 0 Å². The Labute approximate surface area is 111 Å². The number of halogens is 1. The number of rotatable bonds is 6. The molecule has 1 heterocycles. The first-order chi connectivity index (χ1) is 7.65. The highest BCUT2D eigenvalue weighted by molar-refractivity contribution is 9.09. The molecule has 1 fully saturated rings. The molecule has 0 amide bonds. The molecule has 1 aliphatic rings. The SMILES string of the molecule is CC(Cc1cccs1)N(C)CC1(CBr)CC1. The Kier molecular flexibility index (Phi) is 4.09. The Hall–Kier alpha value is 0.140. The van der Waals surface area contributed by atoms with Crippen molar-refractivity contribution in [1.82, 2.24) is 4.90 Å². The molecule has 0 bridgehead atoms. The summed E-state index contributed by atoms with van der Waals surface area (Å²) < 4.78 is 0. The van der Waals surface area contributed by atoms with Crippen molar-refractivity contribution in [2.24, 2.45) is 5.41 Å². The second-order valence-corrected chi connectivity index (χ2v) is 6.77. The fourth-order valence-corrected chi connectivity index (χ4v) is 3.64. The van der Waals surface area contributed by atoms with Crippen LogP contribution in [0.4, 0.5) is 0 Å². The van der Waals surface area contributed by atoms with E-state index in [4.69, 9.17) is 0 Å². The number of hydrogen-bond acceptors (Lipinski definition) is 2. The molecule has 3 heteroatoms. The molecule has 1 unspecified atom stereocenters. The van der Waals surface area contributed by atoms with Crippen molar-refractivity contribution in [3.05, 3.63) is 22.4 Å². The van der Waals surface area contributed by atoms with Crippen LogP contribution in [0.1, 0.15) is 24.6 Å². The molecule has 16 heavy (non-hydrogen) atoms. The van der Waals surface area contributed by atoms with Gasteiger partial charge in [0.25, 0.3) is 0 Å². The fourth-order valence-electron chi connectivity index (χ4n) is 2.07. The summed E-state index contributed by atoms with van der Waals surface area (Å²) in [6.45, 7) is 3.58. The Morgan fingerprint density at radius 3 is 2.81 bits per heavy atom. The fraction of sp³-hybridized carbons (Fsp3) is 0.692. The van der Waals surface area contributed by atoms with Gasteiger partial charge in [-0.3, -0.25) is 0 Å². The molecule has 1 aliphatic carbocycles. The molecule has 1 nitrogen and oxygen atoms in total. The molecule has 0 radical (unpaired) electrons. The summed E-state index contributed by atoms with van der Waals surface area (Å²) in [6, 6.07) is 5.04. The summed E-state index contributed by atoms with van der Waals surface area (Å²) in [5.41, 5.74) is 0.596. The maximum Gasteiger partial charge on any atom is 0.0112 e. The molecule has 1 atom stereocenters. The van der Waals surface area contributed by atoms with Crippen molar-refractivity contribution in [2.45, 2.75) is 32.2 Å². The zero-order chi connectivity index (χ0) is 11.6. The number of hydrogen-bond donors (Lipinski definition) is 0. The van der Waals surface area contributed by atoms with Gasteiger partial charge in [-0.05, 0) is 50.1 Å². The molecule has 1 aromatic rings. The third-order valence-corrected chi connectivity index (χ3v) is 5.74. The highest BCUT2D eigenvalue weighted by Crippen LogP contribution is 2.47. The van der Waals surface area contributed by atoms with E-state index in [9.17, 15) is 0 Å². The van der Waals surface area contributed by atoms with Crippen molar-refractivity contribution in [2.75, 3.05) is 18.9 Å². The third-order valence-electron chi connectivity index (χ3n) is 3.65. The van der Waals surface area contributed by atoms with Gasteiger partial charge in [0.1, 0.15) is 0 Å². The van der Waals surface area contributed by atoms with Crippen molar-refractivity contribution < 1.29 is 0 Å². The minimum atomic E-state index is 0.596. The first-order valence-electron chi connectivity index (χ1n) is 5.94. The number of likely N-dealkylation sites (N-methyl/N-ethyl adjacent to an activating group) is 1. The number of alkyl halides is 1. The summed E-state index contributed by atoms with van der Waals surface area (Å²) >= 11 is 5.52. The van der Waals surface area contributed by atoms with Crippen molar-refractivity contribution >= 4 is 27.3 Å². The highest BCUT2D eigenvalue weighted by atomic mass is 79.9. The lowest BCUT2D eigenvalue weighted by atomic mass is 10.1. The van der Waals surface area contributed by atoms with Crippen LogP contribution in [0, 0.1) is 5.41 Å². The highest BCUT2D eigenvalue weighted by Gasteiger charge is 2.42. The van der Waals surface area contributed by atoms with E-state index in [1.54, 1.807) is 0 Å². The first-order valence-corrected chi connectivity index (χ1v) is 7.94. The topological polar surface area (TPSA) is 3.24 Å². The van der Waals surface area contributed by atoms with Gasteiger partial charge in [-0.2, -0.15) is 0 Å². The summed E-state index contributed by atoms with van der Waals surface area (Å²) in [5, 5.41) is 3.33. The van der Waals surface area contributed by atoms with Crippen LogP contribution >= 0.6 is 27.3 Å². The molecular weight excluding hydrogens is 282 g/mol. The zero-order valence-corrected chi connectivity index (χ0v) is 12.5. The van der Waals surface area contributed by atoms with Gasteiger partial charge in [0, 0.05) is 22.8 Å². The van der Waals surface area contributed by atoms with Gasteiger partial charge in [-0.1, -0.05) is 22.0 Å². The zero-order valence-electron chi connectivity index (χ0n) is 10.1. The van der Waals surface area contributed by atoms with Gasteiger partial charge in [0.05, 0.1) is 0 Å². The average molecular weight is 302 g/mol. The molecule has 0 aromatic carbocycles. The van der Waals surface area contributed by atoms with Crippen LogP contribution in [0.2, 0.25) is 0 Å². The lowest BCUT2D eigenvalue weighted by Crippen LogP contribution is -2.36. The lowest BCUT2D eigenvalue weighted by Gasteiger charge is -2.28. The Morgan fingerprint density at radius 2 is 2.31 bits per heavy atom. The molecule has 2 rings (SSSR count). The van der Waals surface area contributed by atoms with E-state index in [1.165, 1.54) is 30.7 Å². The lowest BCUT2D eigenvalue weighted by molar-refractivity contribution is 0.217. The second kappa shape index (κ2) is 5.19. The number of thiophene rings is 1. The molecule has 0 saturated heterocycles. The molecule has 0 N–H and O–H groups in total. The van der Waals surface area contributed by atoms with Crippen molar-refractivity contribution in [1.29, 1.82) is 0 Å². The normalized spacial score (nSPS) is 20.0. The van der Waals surface area contributed by atoms with Gasteiger partial charge in [0.2, 0.25) is 0 Å². The van der Waals surface area contributed by atoms with E-state index in [2.05, 4.69) is 52.3 Å². The predicted molar refractivity (Wildman–Crippen MR) is 75.6 cm³/mol. The van der Waals surface area contributed by atoms with Crippen molar-refractivity contribution in [3.63, 3.8) is 0 Å². The molecular formula is C13H20BrNS. The largest absolute Gasteiger partial charge is 0.303 e. The molecule has 0 aliphatic heterocycles. The van der Waals surface area contributed by atoms with E-state index in [-0.39, 0.29) is 0 Å². The first kappa shape index (κ1) is 12.6. The summed E-state index contributed by atoms with van der Waals surface area (Å²) in [4.78, 5) is 4.02. The van der Waals surface area contributed by atoms with Crippen LogP contribution in [-0.4, -0.2) is 29.9 Å². The quantitative estimate of drug-likeness (QED) is 0.723. The molecule has 90 valence electrons. The Bertz CT molecular complexity index is 319. The monoisotopic (exact) mass is 301 g/mol. The Morgan fingerprint density at radius 1 is 1.56 bits per heavy atom. The van der Waals surface area contributed by atoms with Gasteiger partial charge < -0.3 is 4.90 Å². The van der Waals surface area contributed by atoms with Crippen LogP contribution in [0.3, 0.4) is 0 Å². The second-order valence-electron chi connectivity index (χ2n) is 5.18. The van der Waals surface area contributed by atoms with Crippen LogP contribution in [0.25, 0.3) is 0 Å². The minimum Gasteiger partial charge on any atom is -0.303 e. The van der Waals surface area contributed by atoms with Crippen LogP contribution in [0.15, 0.2) is 17.5 Å². The van der Waals surface area contributed by atoms with Gasteiger partial charge in [-0.15, -0.1) is 11.3 Å². The smallest absolute Gasteiger partial charge is 0.0112 e. The average Bonchev–Trinajstić information content (AvgIpc) is 2.85. The van der Waals surface area contributed by atoms with Gasteiger partial charge in [-0.25, -0.2) is 0 Å². The van der Waals surface area contributed by atoms with Crippen molar-refractivity contribution in [3.8, 4) is 0 Å². The van der Waals surface area contributed by atoms with E-state index in [1.807, 2.05) is 11.3 Å². The molecule has 1 aromatic heterocycles. The summed E-state index contributed by atoms with van der Waals surface area (Å²) in [7, 11) is 2.26. The molecule has 0 spiro atoms. The van der Waals surface area contributed by atoms with Gasteiger partial charge >= 0.3 is 0 Å². The van der Waals surface area contributed by atoms with Crippen LogP contribution in [0.5, 0.6) is 0 Å². The summed E-state index contributed by atoms with van der Waals surface area (Å²) in [6.07, 6.45) is 3.98. The van der Waals surface area contributed by atoms with Gasteiger partial charge in [0.15, 0.2) is 0 Å². The van der Waals surface area contributed by atoms with E-state index >= 15 is 0 Å². The van der Waals surface area contributed by atoms with E-state index in [0.29, 0.717) is 11.5 Å². The van der Waals surface area contributed by atoms with E-state index < -0.39 is 0 Å². The maximum atomic E-state index is 3.65.